The quantitative estimate of drug-likeness (QED) is 0.753. The Hall–Kier alpha value is -2.41. The van der Waals surface area contributed by atoms with Crippen molar-refractivity contribution in [3.63, 3.8) is 0 Å². The number of oxazole rings is 1. The van der Waals surface area contributed by atoms with Gasteiger partial charge in [-0.1, -0.05) is 5.16 Å². The summed E-state index contributed by atoms with van der Waals surface area (Å²) in [6.07, 6.45) is 0. The molecular formula is C14H13N3O3S. The van der Waals surface area contributed by atoms with Crippen molar-refractivity contribution in [2.24, 2.45) is 0 Å². The van der Waals surface area contributed by atoms with Gasteiger partial charge in [0.15, 0.2) is 5.58 Å². The summed E-state index contributed by atoms with van der Waals surface area (Å²) in [5, 5.41) is 3.88. The number of rotatable bonds is 3. The van der Waals surface area contributed by atoms with E-state index in [4.69, 9.17) is 21.2 Å². The number of amides is 1. The Morgan fingerprint density at radius 1 is 1.43 bits per heavy atom. The van der Waals surface area contributed by atoms with E-state index < -0.39 is 0 Å². The van der Waals surface area contributed by atoms with E-state index in [1.807, 2.05) is 6.92 Å². The van der Waals surface area contributed by atoms with Crippen molar-refractivity contribution < 1.29 is 13.7 Å². The lowest BCUT2D eigenvalue weighted by Gasteiger charge is -2.15. The average molecular weight is 303 g/mol. The third kappa shape index (κ3) is 2.73. The number of aryl methyl sites for hydroxylation is 1. The molecule has 0 aliphatic carbocycles. The summed E-state index contributed by atoms with van der Waals surface area (Å²) in [5.41, 5.74) is 2.58. The van der Waals surface area contributed by atoms with Gasteiger partial charge in [0.25, 0.3) is 10.7 Å². The highest BCUT2D eigenvalue weighted by molar-refractivity contribution is 7.71. The van der Waals surface area contributed by atoms with E-state index in [1.165, 1.54) is 0 Å². The summed E-state index contributed by atoms with van der Waals surface area (Å²) in [6.45, 7) is 2.19. The molecule has 0 fully saturated rings. The maximum atomic E-state index is 12.4. The van der Waals surface area contributed by atoms with Crippen LogP contribution < -0.4 is 0 Å². The summed E-state index contributed by atoms with van der Waals surface area (Å²) in [7, 11) is 1.71. The lowest BCUT2D eigenvalue weighted by molar-refractivity contribution is 0.0782. The molecule has 21 heavy (non-hydrogen) atoms. The Labute approximate surface area is 125 Å². The van der Waals surface area contributed by atoms with Crippen LogP contribution in [-0.4, -0.2) is 28.0 Å². The van der Waals surface area contributed by atoms with Gasteiger partial charge < -0.3 is 18.8 Å². The second-order valence-electron chi connectivity index (χ2n) is 4.82. The second kappa shape index (κ2) is 5.17. The van der Waals surface area contributed by atoms with Gasteiger partial charge in [0.1, 0.15) is 11.5 Å². The molecule has 2 aromatic heterocycles. The average Bonchev–Trinajstić information content (AvgIpc) is 3.01. The minimum absolute atomic E-state index is 0.125. The maximum absolute atomic E-state index is 12.4. The standard InChI is InChI=1S/C14H13N3O3S/c1-8-5-10(16-20-8)7-17(2)13(18)9-3-4-11-12(6-9)19-14(21)15-11/h3-6H,7H2,1-2H3,(H,15,21). The van der Waals surface area contributed by atoms with E-state index in [-0.39, 0.29) is 5.91 Å². The molecule has 6 nitrogen and oxygen atoms in total. The van der Waals surface area contributed by atoms with Crippen molar-refractivity contribution in [1.29, 1.82) is 0 Å². The van der Waals surface area contributed by atoms with Crippen molar-refractivity contribution in [2.45, 2.75) is 13.5 Å². The second-order valence-corrected chi connectivity index (χ2v) is 5.19. The van der Waals surface area contributed by atoms with Gasteiger partial charge in [0.2, 0.25) is 0 Å². The third-order valence-electron chi connectivity index (χ3n) is 3.09. The Balaban J connectivity index is 1.83. The normalized spacial score (nSPS) is 11.0. The minimum Gasteiger partial charge on any atom is -0.429 e. The van der Waals surface area contributed by atoms with Crippen LogP contribution in [0.4, 0.5) is 0 Å². The number of carbonyl (C=O) groups excluding carboxylic acids is 1. The Bertz CT molecular complexity index is 862. The molecule has 1 amide bonds. The number of carbonyl (C=O) groups is 1. The Kier molecular flexibility index (Phi) is 3.34. The Morgan fingerprint density at radius 2 is 2.24 bits per heavy atom. The van der Waals surface area contributed by atoms with Crippen molar-refractivity contribution in [2.75, 3.05) is 7.05 Å². The first-order chi connectivity index (χ1) is 10.0. The minimum atomic E-state index is -0.125. The number of nitrogens with zero attached hydrogens (tertiary/aromatic N) is 2. The predicted octanol–water partition coefficient (Wildman–Crippen LogP) is 3.06. The van der Waals surface area contributed by atoms with Crippen LogP contribution >= 0.6 is 12.2 Å². The molecule has 1 aromatic carbocycles. The SMILES string of the molecule is Cc1cc(CN(C)C(=O)c2ccc3[nH]c(=S)oc3c2)no1. The highest BCUT2D eigenvalue weighted by Gasteiger charge is 2.15. The summed E-state index contributed by atoms with van der Waals surface area (Å²) in [4.78, 5) is 17.2. The van der Waals surface area contributed by atoms with Gasteiger partial charge in [-0.3, -0.25) is 4.79 Å². The highest BCUT2D eigenvalue weighted by atomic mass is 32.1. The molecular weight excluding hydrogens is 290 g/mol. The summed E-state index contributed by atoms with van der Waals surface area (Å²) in [6, 6.07) is 6.98. The van der Waals surface area contributed by atoms with Crippen LogP contribution in [0.3, 0.4) is 0 Å². The zero-order chi connectivity index (χ0) is 15.0. The lowest BCUT2D eigenvalue weighted by Crippen LogP contribution is -2.26. The van der Waals surface area contributed by atoms with Crippen LogP contribution in [0.25, 0.3) is 11.1 Å². The number of fused-ring (bicyclic) bond motifs is 1. The van der Waals surface area contributed by atoms with Crippen LogP contribution in [0, 0.1) is 11.8 Å². The van der Waals surface area contributed by atoms with E-state index in [2.05, 4.69) is 10.1 Å². The maximum Gasteiger partial charge on any atom is 0.266 e. The molecule has 1 N–H and O–H groups in total. The molecule has 7 heteroatoms. The van der Waals surface area contributed by atoms with Crippen LogP contribution in [0.2, 0.25) is 0 Å². The molecule has 0 aliphatic heterocycles. The van der Waals surface area contributed by atoms with Gasteiger partial charge in [0.05, 0.1) is 12.1 Å². The first kappa shape index (κ1) is 13.6. The lowest BCUT2D eigenvalue weighted by atomic mass is 10.2. The molecule has 0 radical (unpaired) electrons. The molecule has 0 aliphatic rings. The van der Waals surface area contributed by atoms with Gasteiger partial charge >= 0.3 is 0 Å². The van der Waals surface area contributed by atoms with E-state index >= 15 is 0 Å². The molecule has 0 unspecified atom stereocenters. The predicted molar refractivity (Wildman–Crippen MR) is 78.4 cm³/mol. The molecule has 0 saturated carbocycles. The summed E-state index contributed by atoms with van der Waals surface area (Å²) < 4.78 is 10.3. The van der Waals surface area contributed by atoms with Crippen LogP contribution in [0.5, 0.6) is 0 Å². The molecule has 0 atom stereocenters. The number of nitrogens with one attached hydrogen (secondary N) is 1. The number of hydrogen-bond acceptors (Lipinski definition) is 5. The van der Waals surface area contributed by atoms with Crippen LogP contribution in [0.15, 0.2) is 33.2 Å². The van der Waals surface area contributed by atoms with Crippen molar-refractivity contribution in [3.05, 3.63) is 46.1 Å². The van der Waals surface area contributed by atoms with Gasteiger partial charge in [-0.2, -0.15) is 0 Å². The third-order valence-corrected chi connectivity index (χ3v) is 3.28. The van der Waals surface area contributed by atoms with E-state index in [1.54, 1.807) is 36.2 Å². The number of benzene rings is 1. The first-order valence-electron chi connectivity index (χ1n) is 6.33. The number of H-pyrrole nitrogens is 1. The fourth-order valence-electron chi connectivity index (χ4n) is 2.11. The molecule has 0 spiro atoms. The van der Waals surface area contributed by atoms with Crippen molar-refractivity contribution in [1.82, 2.24) is 15.0 Å². The molecule has 2 heterocycles. The van der Waals surface area contributed by atoms with Crippen molar-refractivity contribution >= 4 is 29.2 Å². The van der Waals surface area contributed by atoms with Gasteiger partial charge in [0, 0.05) is 18.7 Å². The first-order valence-corrected chi connectivity index (χ1v) is 6.74. The largest absolute Gasteiger partial charge is 0.429 e. The molecule has 0 saturated heterocycles. The zero-order valence-corrected chi connectivity index (χ0v) is 12.4. The molecule has 0 bridgehead atoms. The topological polar surface area (TPSA) is 75.3 Å². The van der Waals surface area contributed by atoms with Gasteiger partial charge in [-0.25, -0.2) is 0 Å². The Morgan fingerprint density at radius 3 is 2.95 bits per heavy atom. The van der Waals surface area contributed by atoms with Gasteiger partial charge in [-0.15, -0.1) is 0 Å². The number of aromatic nitrogens is 2. The summed E-state index contributed by atoms with van der Waals surface area (Å²) in [5.74, 6) is 0.594. The zero-order valence-electron chi connectivity index (χ0n) is 11.5. The van der Waals surface area contributed by atoms with E-state index in [0.29, 0.717) is 28.2 Å². The van der Waals surface area contributed by atoms with E-state index in [0.717, 1.165) is 11.3 Å². The van der Waals surface area contributed by atoms with Crippen molar-refractivity contribution in [3.8, 4) is 0 Å². The van der Waals surface area contributed by atoms with Crippen LogP contribution in [-0.2, 0) is 6.54 Å². The van der Waals surface area contributed by atoms with Gasteiger partial charge in [-0.05, 0) is 37.3 Å². The molecule has 3 rings (SSSR count). The monoisotopic (exact) mass is 303 g/mol. The highest BCUT2D eigenvalue weighted by Crippen LogP contribution is 2.17. The number of aromatic amines is 1. The fraction of sp³-hybridized carbons (Fsp3) is 0.214. The summed E-state index contributed by atoms with van der Waals surface area (Å²) >= 11 is 4.93. The smallest absolute Gasteiger partial charge is 0.266 e. The molecule has 3 aromatic rings. The fourth-order valence-corrected chi connectivity index (χ4v) is 2.31. The number of hydrogen-bond donors (Lipinski definition) is 1. The van der Waals surface area contributed by atoms with E-state index in [9.17, 15) is 4.79 Å². The molecule has 108 valence electrons. The van der Waals surface area contributed by atoms with Crippen LogP contribution in [0.1, 0.15) is 21.8 Å².